The lowest BCUT2D eigenvalue weighted by atomic mass is 10.1. The van der Waals surface area contributed by atoms with Gasteiger partial charge in [-0.1, -0.05) is 24.2 Å². The van der Waals surface area contributed by atoms with Crippen LogP contribution in [0.2, 0.25) is 0 Å². The number of nitrogens with zero attached hydrogens (tertiary/aromatic N) is 2. The predicted molar refractivity (Wildman–Crippen MR) is 82.4 cm³/mol. The fraction of sp³-hybridized carbons (Fsp3) is 0.438. The van der Waals surface area contributed by atoms with Gasteiger partial charge in [-0.3, -0.25) is 0 Å². The second kappa shape index (κ2) is 6.60. The first-order valence-corrected chi connectivity index (χ1v) is 7.71. The largest absolute Gasteiger partial charge is 0.338 e. The summed E-state index contributed by atoms with van der Waals surface area (Å²) in [5.41, 5.74) is 2.07. The number of hydrogen-bond acceptors (Lipinski definition) is 4. The smallest absolute Gasteiger partial charge is 0.315 e. The van der Waals surface area contributed by atoms with Crippen LogP contribution < -0.4 is 10.6 Å². The van der Waals surface area contributed by atoms with Crippen LogP contribution in [0.25, 0.3) is 11.5 Å². The highest BCUT2D eigenvalue weighted by Crippen LogP contribution is 2.19. The highest BCUT2D eigenvalue weighted by Gasteiger charge is 2.22. The molecule has 0 spiro atoms. The summed E-state index contributed by atoms with van der Waals surface area (Å²) in [6.45, 7) is 2.61. The van der Waals surface area contributed by atoms with Gasteiger partial charge >= 0.3 is 6.03 Å². The van der Waals surface area contributed by atoms with E-state index in [4.69, 9.17) is 4.52 Å². The van der Waals surface area contributed by atoms with Crippen LogP contribution in [0.5, 0.6) is 0 Å². The van der Waals surface area contributed by atoms with Crippen LogP contribution in [0, 0.1) is 0 Å². The highest BCUT2D eigenvalue weighted by molar-refractivity contribution is 5.74. The number of rotatable bonds is 6. The van der Waals surface area contributed by atoms with E-state index in [1.54, 1.807) is 0 Å². The molecule has 1 aliphatic carbocycles. The molecule has 1 aliphatic rings. The number of hydrogen-bond donors (Lipinski definition) is 2. The second-order valence-corrected chi connectivity index (χ2v) is 5.49. The number of aryl methyl sites for hydroxylation is 1. The Morgan fingerprint density at radius 3 is 2.73 bits per heavy atom. The summed E-state index contributed by atoms with van der Waals surface area (Å²) in [4.78, 5) is 15.8. The Morgan fingerprint density at radius 2 is 2.09 bits per heavy atom. The Morgan fingerprint density at radius 1 is 1.32 bits per heavy atom. The molecule has 6 heteroatoms. The van der Waals surface area contributed by atoms with Crippen LogP contribution in [-0.2, 0) is 12.8 Å². The van der Waals surface area contributed by atoms with E-state index in [9.17, 15) is 4.79 Å². The van der Waals surface area contributed by atoms with Gasteiger partial charge in [0.05, 0.1) is 0 Å². The van der Waals surface area contributed by atoms with E-state index in [-0.39, 0.29) is 6.03 Å². The minimum absolute atomic E-state index is 0.0722. The molecule has 2 amide bonds. The van der Waals surface area contributed by atoms with Crippen molar-refractivity contribution in [1.29, 1.82) is 0 Å². The Kier molecular flexibility index (Phi) is 4.37. The molecule has 0 atom stereocenters. The Balaban J connectivity index is 1.49. The van der Waals surface area contributed by atoms with Gasteiger partial charge in [-0.2, -0.15) is 4.98 Å². The summed E-state index contributed by atoms with van der Waals surface area (Å²) < 4.78 is 5.21. The molecule has 3 rings (SSSR count). The summed E-state index contributed by atoms with van der Waals surface area (Å²) in [5.74, 6) is 1.26. The summed E-state index contributed by atoms with van der Waals surface area (Å²) in [7, 11) is 0. The molecule has 0 radical (unpaired) electrons. The summed E-state index contributed by atoms with van der Waals surface area (Å²) in [6.07, 6.45) is 3.76. The molecule has 116 valence electrons. The minimum atomic E-state index is -0.0722. The van der Waals surface area contributed by atoms with Crippen molar-refractivity contribution in [2.45, 2.75) is 38.6 Å². The third kappa shape index (κ3) is 3.84. The van der Waals surface area contributed by atoms with Gasteiger partial charge in [0.25, 0.3) is 5.89 Å². The summed E-state index contributed by atoms with van der Waals surface area (Å²) in [5, 5.41) is 9.66. The van der Waals surface area contributed by atoms with Crippen LogP contribution >= 0.6 is 0 Å². The van der Waals surface area contributed by atoms with Gasteiger partial charge in [0.1, 0.15) is 0 Å². The van der Waals surface area contributed by atoms with Crippen molar-refractivity contribution in [3.8, 4) is 11.5 Å². The number of aromatic nitrogens is 2. The number of amides is 2. The van der Waals surface area contributed by atoms with Crippen LogP contribution in [0.3, 0.4) is 0 Å². The van der Waals surface area contributed by atoms with Gasteiger partial charge in [-0.25, -0.2) is 4.79 Å². The maximum absolute atomic E-state index is 11.5. The van der Waals surface area contributed by atoms with Crippen molar-refractivity contribution in [2.75, 3.05) is 6.54 Å². The average molecular weight is 300 g/mol. The molecule has 1 aromatic carbocycles. The predicted octanol–water partition coefficient (Wildman–Crippen LogP) is 2.30. The maximum Gasteiger partial charge on any atom is 0.315 e. The first kappa shape index (κ1) is 14.6. The molecule has 0 unspecified atom stereocenters. The molecular weight excluding hydrogens is 280 g/mol. The normalized spacial score (nSPS) is 13.9. The van der Waals surface area contributed by atoms with E-state index in [1.165, 1.54) is 0 Å². The van der Waals surface area contributed by atoms with E-state index in [0.29, 0.717) is 24.3 Å². The van der Waals surface area contributed by atoms with Gasteiger partial charge in [0.15, 0.2) is 5.82 Å². The Labute approximate surface area is 129 Å². The quantitative estimate of drug-likeness (QED) is 0.858. The molecule has 6 nitrogen and oxygen atoms in total. The molecular formula is C16H20N4O2. The second-order valence-electron chi connectivity index (χ2n) is 5.49. The van der Waals surface area contributed by atoms with Crippen LogP contribution in [0.1, 0.15) is 31.2 Å². The van der Waals surface area contributed by atoms with Crippen molar-refractivity contribution < 1.29 is 9.32 Å². The average Bonchev–Trinajstić information content (AvgIpc) is 3.21. The first-order chi connectivity index (χ1) is 10.7. The Bertz CT molecular complexity index is 632. The van der Waals surface area contributed by atoms with Crippen molar-refractivity contribution in [3.63, 3.8) is 0 Å². The van der Waals surface area contributed by atoms with Gasteiger partial charge in [0.2, 0.25) is 0 Å². The fourth-order valence-electron chi connectivity index (χ4n) is 2.11. The SMILES string of the molecule is CCc1noc(-c2ccc(CCNC(=O)NC3CC3)cc2)n1. The molecule has 0 saturated heterocycles. The minimum Gasteiger partial charge on any atom is -0.338 e. The topological polar surface area (TPSA) is 80.0 Å². The third-order valence-electron chi connectivity index (χ3n) is 3.60. The van der Waals surface area contributed by atoms with E-state index < -0.39 is 0 Å². The van der Waals surface area contributed by atoms with Gasteiger partial charge in [-0.05, 0) is 37.0 Å². The fourth-order valence-corrected chi connectivity index (χ4v) is 2.11. The van der Waals surface area contributed by atoms with E-state index in [2.05, 4.69) is 20.8 Å². The monoisotopic (exact) mass is 300 g/mol. The van der Waals surface area contributed by atoms with E-state index >= 15 is 0 Å². The Hall–Kier alpha value is -2.37. The standard InChI is InChI=1S/C16H20N4O2/c1-2-14-19-15(22-20-14)12-5-3-11(4-6-12)9-10-17-16(21)18-13-7-8-13/h3-6,13H,2,7-10H2,1H3,(H2,17,18,21). The molecule has 0 bridgehead atoms. The highest BCUT2D eigenvalue weighted by atomic mass is 16.5. The summed E-state index contributed by atoms with van der Waals surface area (Å²) in [6, 6.07) is 8.29. The van der Waals surface area contributed by atoms with Gasteiger partial charge in [0, 0.05) is 24.6 Å². The van der Waals surface area contributed by atoms with Crippen molar-refractivity contribution in [2.24, 2.45) is 0 Å². The molecule has 0 aliphatic heterocycles. The zero-order valence-corrected chi connectivity index (χ0v) is 12.6. The lowest BCUT2D eigenvalue weighted by molar-refractivity contribution is 0.240. The number of urea groups is 1. The van der Waals surface area contributed by atoms with Crippen molar-refractivity contribution in [3.05, 3.63) is 35.7 Å². The van der Waals surface area contributed by atoms with Gasteiger partial charge in [-0.15, -0.1) is 0 Å². The summed E-state index contributed by atoms with van der Waals surface area (Å²) >= 11 is 0. The maximum atomic E-state index is 11.5. The van der Waals surface area contributed by atoms with E-state index in [1.807, 2.05) is 31.2 Å². The molecule has 2 N–H and O–H groups in total. The number of carbonyl (C=O) groups excluding carboxylic acids is 1. The van der Waals surface area contributed by atoms with Crippen LogP contribution in [0.15, 0.2) is 28.8 Å². The lowest BCUT2D eigenvalue weighted by Gasteiger charge is -2.06. The molecule has 1 heterocycles. The zero-order chi connectivity index (χ0) is 15.4. The van der Waals surface area contributed by atoms with Crippen molar-refractivity contribution in [1.82, 2.24) is 20.8 Å². The third-order valence-corrected chi connectivity index (χ3v) is 3.60. The molecule has 1 aromatic heterocycles. The zero-order valence-electron chi connectivity index (χ0n) is 12.6. The van der Waals surface area contributed by atoms with Crippen molar-refractivity contribution >= 4 is 6.03 Å². The molecule has 2 aromatic rings. The number of nitrogens with one attached hydrogen (secondary N) is 2. The lowest BCUT2D eigenvalue weighted by Crippen LogP contribution is -2.37. The van der Waals surface area contributed by atoms with Crippen LogP contribution in [0.4, 0.5) is 4.79 Å². The van der Waals surface area contributed by atoms with E-state index in [0.717, 1.165) is 36.8 Å². The number of benzene rings is 1. The van der Waals surface area contributed by atoms with Crippen LogP contribution in [-0.4, -0.2) is 28.8 Å². The van der Waals surface area contributed by atoms with Gasteiger partial charge < -0.3 is 15.2 Å². The molecule has 1 fully saturated rings. The molecule has 1 saturated carbocycles. The number of carbonyl (C=O) groups is 1. The first-order valence-electron chi connectivity index (χ1n) is 7.71. The molecule has 22 heavy (non-hydrogen) atoms.